The lowest BCUT2D eigenvalue weighted by Crippen LogP contribution is -2.46. The molecule has 2 aromatic carbocycles. The zero-order valence-electron chi connectivity index (χ0n) is 21.3. The quantitative estimate of drug-likeness (QED) is 0.436. The van der Waals surface area contributed by atoms with E-state index in [1.807, 2.05) is 30.3 Å². The van der Waals surface area contributed by atoms with Crippen molar-refractivity contribution in [2.45, 2.75) is 50.4 Å². The number of nitrogens with one attached hydrogen (secondary N) is 1. The van der Waals surface area contributed by atoms with Crippen molar-refractivity contribution in [1.29, 1.82) is 0 Å². The number of aliphatic carboxylic acids is 2. The largest absolute Gasteiger partial charge is 0.486 e. The summed E-state index contributed by atoms with van der Waals surface area (Å²) in [6.07, 6.45) is 5.21. The second-order valence-corrected chi connectivity index (χ2v) is 9.19. The summed E-state index contributed by atoms with van der Waals surface area (Å²) in [7, 11) is 0. The van der Waals surface area contributed by atoms with E-state index in [0.29, 0.717) is 38.2 Å². The molecular formula is C28H33NO9. The lowest BCUT2D eigenvalue weighted by Gasteiger charge is -2.41. The summed E-state index contributed by atoms with van der Waals surface area (Å²) in [6.45, 7) is 4.42. The second-order valence-electron chi connectivity index (χ2n) is 9.19. The van der Waals surface area contributed by atoms with Gasteiger partial charge < -0.3 is 39.2 Å². The Labute approximate surface area is 221 Å². The summed E-state index contributed by atoms with van der Waals surface area (Å²) in [6, 6.07) is 14.5. The summed E-state index contributed by atoms with van der Waals surface area (Å²) in [5.41, 5.74) is 0.935. The van der Waals surface area contributed by atoms with Crippen LogP contribution >= 0.6 is 0 Å². The molecule has 0 aromatic heterocycles. The third-order valence-electron chi connectivity index (χ3n) is 6.68. The predicted molar refractivity (Wildman–Crippen MR) is 137 cm³/mol. The Morgan fingerprint density at radius 1 is 0.974 bits per heavy atom. The molecule has 1 aliphatic carbocycles. The molecule has 3 N–H and O–H groups in total. The Hall–Kier alpha value is -3.76. The van der Waals surface area contributed by atoms with E-state index in [1.54, 1.807) is 0 Å². The van der Waals surface area contributed by atoms with Gasteiger partial charge in [-0.2, -0.15) is 0 Å². The second kappa shape index (κ2) is 12.7. The first-order chi connectivity index (χ1) is 18.4. The fourth-order valence-corrected chi connectivity index (χ4v) is 4.87. The van der Waals surface area contributed by atoms with E-state index in [9.17, 15) is 9.59 Å². The van der Waals surface area contributed by atoms with Gasteiger partial charge in [0.2, 0.25) is 6.79 Å². The van der Waals surface area contributed by atoms with Crippen molar-refractivity contribution in [3.8, 4) is 23.0 Å². The average molecular weight is 528 g/mol. The molecule has 0 radical (unpaired) electrons. The van der Waals surface area contributed by atoms with Crippen molar-refractivity contribution < 1.29 is 43.5 Å². The van der Waals surface area contributed by atoms with E-state index in [0.717, 1.165) is 55.2 Å². The highest BCUT2D eigenvalue weighted by molar-refractivity contribution is 5.89. The minimum Gasteiger partial charge on any atom is -0.486 e. The summed E-state index contributed by atoms with van der Waals surface area (Å²) in [5.74, 6) is 0.785. The molecule has 38 heavy (non-hydrogen) atoms. The van der Waals surface area contributed by atoms with E-state index in [4.69, 9.17) is 33.9 Å². The molecule has 2 aromatic rings. The van der Waals surface area contributed by atoms with Gasteiger partial charge in [0, 0.05) is 31.3 Å². The number of ether oxygens (including phenoxy) is 5. The molecule has 1 unspecified atom stereocenters. The van der Waals surface area contributed by atoms with Crippen LogP contribution in [0.3, 0.4) is 0 Å². The molecule has 3 aliphatic rings. The van der Waals surface area contributed by atoms with Gasteiger partial charge in [0.15, 0.2) is 23.0 Å². The Bertz CT molecular complexity index is 1120. The molecule has 5 rings (SSSR count). The van der Waals surface area contributed by atoms with E-state index >= 15 is 0 Å². The zero-order valence-corrected chi connectivity index (χ0v) is 21.3. The maximum atomic E-state index is 9.55. The first kappa shape index (κ1) is 27.3. The molecule has 10 heteroatoms. The molecular weight excluding hydrogens is 494 g/mol. The lowest BCUT2D eigenvalue weighted by atomic mass is 9.77. The Morgan fingerprint density at radius 2 is 1.63 bits per heavy atom. The number of hydrogen-bond acceptors (Lipinski definition) is 8. The van der Waals surface area contributed by atoms with Gasteiger partial charge in [0.05, 0.1) is 5.60 Å². The monoisotopic (exact) mass is 527 g/mol. The summed E-state index contributed by atoms with van der Waals surface area (Å²) in [4.78, 5) is 19.1. The fraction of sp³-hybridized carbons (Fsp3) is 0.429. The third kappa shape index (κ3) is 6.96. The molecule has 0 amide bonds. The van der Waals surface area contributed by atoms with Gasteiger partial charge in [-0.15, -0.1) is 0 Å². The van der Waals surface area contributed by atoms with Crippen LogP contribution in [0.25, 0.3) is 0 Å². The van der Waals surface area contributed by atoms with Crippen LogP contribution in [0.1, 0.15) is 38.2 Å². The predicted octanol–water partition coefficient (Wildman–Crippen LogP) is 3.73. The highest BCUT2D eigenvalue weighted by atomic mass is 16.7. The van der Waals surface area contributed by atoms with Gasteiger partial charge >= 0.3 is 11.9 Å². The summed E-state index contributed by atoms with van der Waals surface area (Å²) < 4.78 is 29.3. The number of rotatable bonds is 8. The third-order valence-corrected chi connectivity index (χ3v) is 6.68. The van der Waals surface area contributed by atoms with Crippen LogP contribution < -0.4 is 24.3 Å². The minimum absolute atomic E-state index is 0.0346. The summed E-state index contributed by atoms with van der Waals surface area (Å²) in [5, 5.41) is 19.3. The molecule has 1 saturated carbocycles. The van der Waals surface area contributed by atoms with Crippen LogP contribution in [-0.2, 0) is 19.9 Å². The van der Waals surface area contributed by atoms with Crippen LogP contribution in [0, 0.1) is 0 Å². The lowest BCUT2D eigenvalue weighted by molar-refractivity contribution is -0.134. The molecule has 204 valence electrons. The molecule has 1 fully saturated rings. The highest BCUT2D eigenvalue weighted by Crippen LogP contribution is 2.44. The zero-order chi connectivity index (χ0) is 27.0. The van der Waals surface area contributed by atoms with Crippen LogP contribution in [0.5, 0.6) is 23.0 Å². The van der Waals surface area contributed by atoms with Gasteiger partial charge in [-0.05, 0) is 62.4 Å². The molecule has 0 bridgehead atoms. The van der Waals surface area contributed by atoms with Crippen LogP contribution in [0.15, 0.2) is 54.6 Å². The SMILES string of the molecule is CCOC1(c2ccc3c(c2)OCO3)CCC(NCC2COc3ccccc3O2)CC1.O=C(O)/C=C/C(=O)O. The van der Waals surface area contributed by atoms with Gasteiger partial charge in [-0.1, -0.05) is 18.2 Å². The first-order valence-electron chi connectivity index (χ1n) is 12.7. The topological polar surface area (TPSA) is 133 Å². The molecule has 10 nitrogen and oxygen atoms in total. The van der Waals surface area contributed by atoms with Gasteiger partial charge in [-0.3, -0.25) is 0 Å². The number of carbonyl (C=O) groups is 2. The molecule has 2 heterocycles. The molecule has 0 spiro atoms. The Balaban J connectivity index is 0.000000368. The Morgan fingerprint density at radius 3 is 2.32 bits per heavy atom. The summed E-state index contributed by atoms with van der Waals surface area (Å²) >= 11 is 0. The average Bonchev–Trinajstić information content (AvgIpc) is 3.40. The maximum absolute atomic E-state index is 9.55. The first-order valence-corrected chi connectivity index (χ1v) is 12.7. The Kier molecular flexibility index (Phi) is 9.09. The standard InChI is InChI=1S/C24H29NO5.C4H4O4/c1-2-29-24(17-7-8-21-23(13-17)28-16-27-21)11-9-18(10-12-24)25-14-19-15-26-20-5-3-4-6-22(20)30-19;5-3(6)1-2-4(7)8/h3-8,13,18-19,25H,2,9-12,14-16H2,1H3;1-2H,(H,5,6)(H,7,8)/b;2-1+. The van der Waals surface area contributed by atoms with Crippen molar-refractivity contribution in [3.05, 3.63) is 60.2 Å². The van der Waals surface area contributed by atoms with Crippen molar-refractivity contribution in [2.75, 3.05) is 26.6 Å². The van der Waals surface area contributed by atoms with E-state index in [-0.39, 0.29) is 11.7 Å². The number of hydrogen-bond donors (Lipinski definition) is 3. The number of fused-ring (bicyclic) bond motifs is 2. The van der Waals surface area contributed by atoms with Gasteiger partial charge in [0.1, 0.15) is 12.7 Å². The fourth-order valence-electron chi connectivity index (χ4n) is 4.87. The minimum atomic E-state index is -1.26. The number of para-hydroxylation sites is 2. The smallest absolute Gasteiger partial charge is 0.328 e. The van der Waals surface area contributed by atoms with Gasteiger partial charge in [-0.25, -0.2) is 9.59 Å². The highest BCUT2D eigenvalue weighted by Gasteiger charge is 2.38. The van der Waals surface area contributed by atoms with Crippen LogP contribution in [0.4, 0.5) is 0 Å². The molecule has 0 saturated heterocycles. The number of carboxylic acid groups (broad SMARTS) is 2. The maximum Gasteiger partial charge on any atom is 0.328 e. The van der Waals surface area contributed by atoms with Crippen molar-refractivity contribution in [2.24, 2.45) is 0 Å². The van der Waals surface area contributed by atoms with E-state index in [2.05, 4.69) is 24.4 Å². The van der Waals surface area contributed by atoms with Crippen molar-refractivity contribution >= 4 is 11.9 Å². The molecule has 1 atom stereocenters. The van der Waals surface area contributed by atoms with Crippen LogP contribution in [0.2, 0.25) is 0 Å². The van der Waals surface area contributed by atoms with Crippen molar-refractivity contribution in [3.63, 3.8) is 0 Å². The van der Waals surface area contributed by atoms with Gasteiger partial charge in [0.25, 0.3) is 0 Å². The van der Waals surface area contributed by atoms with Crippen LogP contribution in [-0.4, -0.2) is 60.8 Å². The number of carboxylic acids is 2. The van der Waals surface area contributed by atoms with Crippen molar-refractivity contribution in [1.82, 2.24) is 5.32 Å². The van der Waals surface area contributed by atoms with E-state index in [1.165, 1.54) is 5.56 Å². The molecule has 2 aliphatic heterocycles. The number of benzene rings is 2. The normalized spacial score (nSPS) is 23.4. The van der Waals surface area contributed by atoms with E-state index < -0.39 is 11.9 Å².